The van der Waals surface area contributed by atoms with Crippen LogP contribution in [0, 0.1) is 5.82 Å². The van der Waals surface area contributed by atoms with Crippen LogP contribution in [0.15, 0.2) is 23.1 Å². The Labute approximate surface area is 94.6 Å². The zero-order chi connectivity index (χ0) is 11.8. The molecule has 5 heteroatoms. The van der Waals surface area contributed by atoms with Crippen LogP contribution in [0.5, 0.6) is 0 Å². The maximum absolute atomic E-state index is 13.1. The Morgan fingerprint density at radius 1 is 1.50 bits per heavy atom. The van der Waals surface area contributed by atoms with E-state index in [4.69, 9.17) is 0 Å². The van der Waals surface area contributed by atoms with Crippen LogP contribution in [0.4, 0.5) is 4.39 Å². The molecule has 1 N–H and O–H groups in total. The van der Waals surface area contributed by atoms with Crippen molar-refractivity contribution in [3.8, 4) is 0 Å². The fourth-order valence-corrected chi connectivity index (χ4v) is 3.67. The Balaban J connectivity index is 2.54. The largest absolute Gasteiger partial charge is 0.310 e. The van der Waals surface area contributed by atoms with E-state index in [0.29, 0.717) is 12.0 Å². The SMILES string of the molecule is CCNC1CCS(=O)(=O)c2ccc(F)cc21. The maximum Gasteiger partial charge on any atom is 0.178 e. The molecular weight excluding hydrogens is 229 g/mol. The zero-order valence-electron chi connectivity index (χ0n) is 9.03. The summed E-state index contributed by atoms with van der Waals surface area (Å²) in [7, 11) is -3.22. The van der Waals surface area contributed by atoms with E-state index in [-0.39, 0.29) is 16.7 Å². The predicted octanol–water partition coefficient (Wildman–Crippen LogP) is 1.65. The second kappa shape index (κ2) is 4.14. The molecule has 0 spiro atoms. The van der Waals surface area contributed by atoms with Gasteiger partial charge in [-0.3, -0.25) is 0 Å². The van der Waals surface area contributed by atoms with Gasteiger partial charge in [-0.2, -0.15) is 0 Å². The fraction of sp³-hybridized carbons (Fsp3) is 0.455. The molecule has 1 unspecified atom stereocenters. The first kappa shape index (κ1) is 11.5. The van der Waals surface area contributed by atoms with Gasteiger partial charge in [0.2, 0.25) is 0 Å². The topological polar surface area (TPSA) is 46.2 Å². The maximum atomic E-state index is 13.1. The van der Waals surface area contributed by atoms with Crippen molar-refractivity contribution in [2.24, 2.45) is 0 Å². The summed E-state index contributed by atoms with van der Waals surface area (Å²) in [6.07, 6.45) is 0.507. The molecule has 1 aliphatic heterocycles. The molecule has 0 radical (unpaired) electrons. The zero-order valence-corrected chi connectivity index (χ0v) is 9.85. The molecule has 0 saturated heterocycles. The molecule has 1 aliphatic rings. The first-order chi connectivity index (χ1) is 7.54. The van der Waals surface area contributed by atoms with Crippen LogP contribution in [0.2, 0.25) is 0 Å². The van der Waals surface area contributed by atoms with E-state index in [2.05, 4.69) is 5.32 Å². The first-order valence-corrected chi connectivity index (χ1v) is 6.95. The third kappa shape index (κ3) is 1.97. The van der Waals surface area contributed by atoms with Gasteiger partial charge in [-0.25, -0.2) is 12.8 Å². The van der Waals surface area contributed by atoms with Gasteiger partial charge in [0.25, 0.3) is 0 Å². The van der Waals surface area contributed by atoms with E-state index in [1.807, 2.05) is 6.92 Å². The van der Waals surface area contributed by atoms with E-state index in [9.17, 15) is 12.8 Å². The molecule has 2 rings (SSSR count). The molecule has 88 valence electrons. The van der Waals surface area contributed by atoms with Crippen LogP contribution in [0.25, 0.3) is 0 Å². The lowest BCUT2D eigenvalue weighted by atomic mass is 10.0. The third-order valence-electron chi connectivity index (χ3n) is 2.81. The highest BCUT2D eigenvalue weighted by Gasteiger charge is 2.29. The van der Waals surface area contributed by atoms with Gasteiger partial charge in [0, 0.05) is 6.04 Å². The Hall–Kier alpha value is -0.940. The fourth-order valence-electron chi connectivity index (χ4n) is 2.07. The van der Waals surface area contributed by atoms with E-state index < -0.39 is 15.7 Å². The van der Waals surface area contributed by atoms with Crippen molar-refractivity contribution in [1.82, 2.24) is 5.32 Å². The second-order valence-electron chi connectivity index (χ2n) is 3.90. The van der Waals surface area contributed by atoms with E-state index in [1.165, 1.54) is 18.2 Å². The normalized spacial score (nSPS) is 22.8. The molecular formula is C11H14FNO2S. The summed E-state index contributed by atoms with van der Waals surface area (Å²) in [5.74, 6) is -0.262. The van der Waals surface area contributed by atoms with Crippen LogP contribution in [-0.4, -0.2) is 20.7 Å². The number of sulfone groups is 1. The molecule has 0 saturated carbocycles. The van der Waals surface area contributed by atoms with Crippen molar-refractivity contribution in [2.75, 3.05) is 12.3 Å². The Kier molecular flexibility index (Phi) is 2.99. The molecule has 3 nitrogen and oxygen atoms in total. The molecule has 0 fully saturated rings. The summed E-state index contributed by atoms with van der Waals surface area (Å²) in [4.78, 5) is 0.270. The third-order valence-corrected chi connectivity index (χ3v) is 4.62. The highest BCUT2D eigenvalue weighted by atomic mass is 32.2. The van der Waals surface area contributed by atoms with Crippen LogP contribution in [0.1, 0.15) is 24.9 Å². The lowest BCUT2D eigenvalue weighted by molar-refractivity contribution is 0.500. The lowest BCUT2D eigenvalue weighted by Crippen LogP contribution is -2.29. The Morgan fingerprint density at radius 2 is 2.25 bits per heavy atom. The molecule has 1 aromatic rings. The Morgan fingerprint density at radius 3 is 2.94 bits per heavy atom. The van der Waals surface area contributed by atoms with Crippen LogP contribution in [-0.2, 0) is 9.84 Å². The van der Waals surface area contributed by atoms with Gasteiger partial charge in [0.05, 0.1) is 10.6 Å². The van der Waals surface area contributed by atoms with Crippen LogP contribution >= 0.6 is 0 Å². The first-order valence-electron chi connectivity index (χ1n) is 5.30. The van der Waals surface area contributed by atoms with Gasteiger partial charge < -0.3 is 5.32 Å². The monoisotopic (exact) mass is 243 g/mol. The Bertz CT molecular complexity index is 499. The standard InChI is InChI=1S/C11H14FNO2S/c1-2-13-10-5-6-16(14,15)11-4-3-8(12)7-9(10)11/h3-4,7,10,13H,2,5-6H2,1H3. The highest BCUT2D eigenvalue weighted by molar-refractivity contribution is 7.91. The van der Waals surface area contributed by atoms with Crippen molar-refractivity contribution < 1.29 is 12.8 Å². The second-order valence-corrected chi connectivity index (χ2v) is 5.98. The minimum absolute atomic E-state index is 0.0563. The van der Waals surface area contributed by atoms with Crippen LogP contribution in [0.3, 0.4) is 0 Å². The molecule has 1 aromatic carbocycles. The van der Waals surface area contributed by atoms with E-state index in [0.717, 1.165) is 6.54 Å². The summed E-state index contributed by atoms with van der Waals surface area (Å²) in [5.41, 5.74) is 0.563. The summed E-state index contributed by atoms with van der Waals surface area (Å²) in [6.45, 7) is 2.68. The molecule has 0 aromatic heterocycles. The number of hydrogen-bond acceptors (Lipinski definition) is 3. The summed E-state index contributed by atoms with van der Waals surface area (Å²) in [6, 6.07) is 3.83. The number of fused-ring (bicyclic) bond motifs is 1. The summed E-state index contributed by atoms with van der Waals surface area (Å²) < 4.78 is 36.7. The van der Waals surface area contributed by atoms with E-state index in [1.54, 1.807) is 0 Å². The number of rotatable bonds is 2. The van der Waals surface area contributed by atoms with Gasteiger partial charge in [0.1, 0.15) is 5.82 Å². The predicted molar refractivity (Wildman–Crippen MR) is 59.5 cm³/mol. The average Bonchev–Trinajstić information content (AvgIpc) is 2.22. The summed E-state index contributed by atoms with van der Waals surface area (Å²) >= 11 is 0. The van der Waals surface area contributed by atoms with Crippen molar-refractivity contribution in [3.05, 3.63) is 29.6 Å². The number of nitrogens with one attached hydrogen (secondary N) is 1. The van der Waals surface area contributed by atoms with Gasteiger partial charge in [-0.05, 0) is 36.7 Å². The van der Waals surface area contributed by atoms with Crippen molar-refractivity contribution >= 4 is 9.84 Å². The highest BCUT2D eigenvalue weighted by Crippen LogP contribution is 2.32. The van der Waals surface area contributed by atoms with Gasteiger partial charge in [0.15, 0.2) is 9.84 Å². The minimum atomic E-state index is -3.22. The van der Waals surface area contributed by atoms with Gasteiger partial charge in [-0.15, -0.1) is 0 Å². The average molecular weight is 243 g/mol. The van der Waals surface area contributed by atoms with Crippen molar-refractivity contribution in [3.63, 3.8) is 0 Å². The minimum Gasteiger partial charge on any atom is -0.310 e. The smallest absolute Gasteiger partial charge is 0.178 e. The molecule has 1 atom stereocenters. The molecule has 0 amide bonds. The quantitative estimate of drug-likeness (QED) is 0.803. The van der Waals surface area contributed by atoms with Crippen molar-refractivity contribution in [2.45, 2.75) is 24.3 Å². The molecule has 16 heavy (non-hydrogen) atoms. The van der Waals surface area contributed by atoms with Crippen molar-refractivity contribution in [1.29, 1.82) is 0 Å². The number of halogens is 1. The molecule has 1 heterocycles. The van der Waals surface area contributed by atoms with E-state index >= 15 is 0 Å². The van der Waals surface area contributed by atoms with Crippen LogP contribution < -0.4 is 5.32 Å². The molecule has 0 aliphatic carbocycles. The lowest BCUT2D eigenvalue weighted by Gasteiger charge is -2.25. The van der Waals surface area contributed by atoms with Gasteiger partial charge >= 0.3 is 0 Å². The molecule has 0 bridgehead atoms. The number of hydrogen-bond donors (Lipinski definition) is 1. The van der Waals surface area contributed by atoms with Gasteiger partial charge in [-0.1, -0.05) is 6.92 Å². The number of benzene rings is 1. The summed E-state index contributed by atoms with van der Waals surface area (Å²) in [5, 5.41) is 3.17.